The van der Waals surface area contributed by atoms with E-state index in [1.165, 1.54) is 4.90 Å². The molecule has 0 aromatic carbocycles. The molecule has 0 saturated carbocycles. The van der Waals surface area contributed by atoms with Gasteiger partial charge >= 0.3 is 0 Å². The quantitative estimate of drug-likeness (QED) is 0.679. The maximum atomic E-state index is 12.7. The van der Waals surface area contributed by atoms with Crippen LogP contribution in [0.25, 0.3) is 0 Å². The predicted molar refractivity (Wildman–Crippen MR) is 55.3 cm³/mol. The number of hydrogen-bond donors (Lipinski definition) is 0. The Morgan fingerprint density at radius 2 is 2.20 bits per heavy atom. The van der Waals surface area contributed by atoms with Crippen molar-refractivity contribution in [2.45, 2.75) is 50.5 Å². The highest BCUT2D eigenvalue weighted by atomic mass is 35.5. The molecule has 15 heavy (non-hydrogen) atoms. The Morgan fingerprint density at radius 1 is 1.60 bits per heavy atom. The maximum Gasteiger partial charge on any atom is 0.254 e. The lowest BCUT2D eigenvalue weighted by Gasteiger charge is -2.37. The van der Waals surface area contributed by atoms with Crippen molar-refractivity contribution in [3.63, 3.8) is 0 Å². The SMILES string of the molecule is CC1C(Cl)CCCN1C(=O)CC(C)(F)F. The summed E-state index contributed by atoms with van der Waals surface area (Å²) in [5.74, 6) is -3.43. The number of carbonyl (C=O) groups excluding carboxylic acids is 1. The van der Waals surface area contributed by atoms with Crippen molar-refractivity contribution < 1.29 is 13.6 Å². The largest absolute Gasteiger partial charge is 0.338 e. The summed E-state index contributed by atoms with van der Waals surface area (Å²) in [6.45, 7) is 3.11. The summed E-state index contributed by atoms with van der Waals surface area (Å²) in [7, 11) is 0. The first-order valence-electron chi connectivity index (χ1n) is 5.12. The maximum absolute atomic E-state index is 12.7. The van der Waals surface area contributed by atoms with Gasteiger partial charge in [-0.25, -0.2) is 8.78 Å². The van der Waals surface area contributed by atoms with E-state index < -0.39 is 18.3 Å². The smallest absolute Gasteiger partial charge is 0.254 e. The Labute approximate surface area is 93.6 Å². The fraction of sp³-hybridized carbons (Fsp3) is 0.900. The van der Waals surface area contributed by atoms with E-state index in [1.54, 1.807) is 0 Å². The van der Waals surface area contributed by atoms with E-state index in [9.17, 15) is 13.6 Å². The zero-order chi connectivity index (χ0) is 11.6. The minimum Gasteiger partial charge on any atom is -0.338 e. The van der Waals surface area contributed by atoms with Crippen molar-refractivity contribution in [3.8, 4) is 0 Å². The van der Waals surface area contributed by atoms with Crippen LogP contribution in [0.2, 0.25) is 0 Å². The number of nitrogens with zero attached hydrogens (tertiary/aromatic N) is 1. The summed E-state index contributed by atoms with van der Waals surface area (Å²) in [5, 5.41) is -0.117. The number of halogens is 3. The lowest BCUT2D eigenvalue weighted by Crippen LogP contribution is -2.48. The molecule has 1 amide bonds. The Morgan fingerprint density at radius 3 is 2.73 bits per heavy atom. The molecule has 1 aliphatic heterocycles. The molecule has 1 saturated heterocycles. The summed E-state index contributed by atoms with van der Waals surface area (Å²) in [6.07, 6.45) is 0.912. The fourth-order valence-corrected chi connectivity index (χ4v) is 2.11. The molecule has 5 heteroatoms. The van der Waals surface area contributed by atoms with Crippen LogP contribution in [-0.2, 0) is 4.79 Å². The highest BCUT2D eigenvalue weighted by molar-refractivity contribution is 6.21. The molecular formula is C10H16ClF2NO. The van der Waals surface area contributed by atoms with Gasteiger partial charge in [0.05, 0.1) is 11.8 Å². The third-order valence-electron chi connectivity index (χ3n) is 2.68. The van der Waals surface area contributed by atoms with Crippen molar-refractivity contribution in [1.82, 2.24) is 4.90 Å². The van der Waals surface area contributed by atoms with E-state index in [0.29, 0.717) is 6.54 Å². The van der Waals surface area contributed by atoms with Gasteiger partial charge in [0.15, 0.2) is 0 Å². The third-order valence-corrected chi connectivity index (χ3v) is 3.26. The Kier molecular flexibility index (Phi) is 3.93. The standard InChI is InChI=1S/C10H16ClF2NO/c1-7-8(11)4-3-5-14(7)9(15)6-10(2,12)13/h7-8H,3-6H2,1-2H3. The van der Waals surface area contributed by atoms with Gasteiger partial charge in [-0.1, -0.05) is 0 Å². The monoisotopic (exact) mass is 239 g/mol. The van der Waals surface area contributed by atoms with E-state index in [0.717, 1.165) is 19.8 Å². The number of amides is 1. The molecule has 0 aliphatic carbocycles. The van der Waals surface area contributed by atoms with Crippen LogP contribution in [0.4, 0.5) is 8.78 Å². The summed E-state index contributed by atoms with van der Waals surface area (Å²) >= 11 is 6.00. The molecule has 2 atom stereocenters. The lowest BCUT2D eigenvalue weighted by atomic mass is 10.0. The second-order valence-corrected chi connectivity index (χ2v) is 4.79. The minimum absolute atomic E-state index is 0.117. The van der Waals surface area contributed by atoms with E-state index in [1.807, 2.05) is 6.92 Å². The van der Waals surface area contributed by atoms with Crippen molar-refractivity contribution in [3.05, 3.63) is 0 Å². The van der Waals surface area contributed by atoms with Crippen molar-refractivity contribution in [2.24, 2.45) is 0 Å². The minimum atomic E-state index is -2.93. The van der Waals surface area contributed by atoms with Gasteiger partial charge in [0, 0.05) is 12.6 Å². The van der Waals surface area contributed by atoms with Gasteiger partial charge in [-0.05, 0) is 26.7 Å². The van der Waals surface area contributed by atoms with Crippen LogP contribution >= 0.6 is 11.6 Å². The fourth-order valence-electron chi connectivity index (χ4n) is 1.82. The topological polar surface area (TPSA) is 20.3 Å². The summed E-state index contributed by atoms with van der Waals surface area (Å²) in [4.78, 5) is 13.0. The molecule has 1 heterocycles. The molecule has 0 N–H and O–H groups in total. The van der Waals surface area contributed by atoms with Crippen molar-refractivity contribution in [1.29, 1.82) is 0 Å². The summed E-state index contributed by atoms with van der Waals surface area (Å²) < 4.78 is 25.3. The van der Waals surface area contributed by atoms with E-state index in [-0.39, 0.29) is 11.4 Å². The normalized spacial score (nSPS) is 27.9. The molecule has 1 rings (SSSR count). The molecule has 88 valence electrons. The molecule has 1 aliphatic rings. The van der Waals surface area contributed by atoms with Crippen LogP contribution in [0, 0.1) is 0 Å². The molecule has 2 unspecified atom stereocenters. The van der Waals surface area contributed by atoms with Gasteiger partial charge in [-0.2, -0.15) is 0 Å². The van der Waals surface area contributed by atoms with Crippen LogP contribution in [0.15, 0.2) is 0 Å². The highest BCUT2D eigenvalue weighted by Crippen LogP contribution is 2.25. The highest BCUT2D eigenvalue weighted by Gasteiger charge is 2.34. The molecular weight excluding hydrogens is 224 g/mol. The Bertz CT molecular complexity index is 242. The number of carbonyl (C=O) groups is 1. The Balaban J connectivity index is 2.59. The van der Waals surface area contributed by atoms with Gasteiger partial charge in [0.2, 0.25) is 5.91 Å². The average molecular weight is 240 g/mol. The van der Waals surface area contributed by atoms with Crippen LogP contribution in [0.5, 0.6) is 0 Å². The molecule has 0 spiro atoms. The van der Waals surface area contributed by atoms with Crippen LogP contribution in [0.1, 0.15) is 33.1 Å². The lowest BCUT2D eigenvalue weighted by molar-refractivity contribution is -0.140. The van der Waals surface area contributed by atoms with Gasteiger partial charge in [0.25, 0.3) is 5.92 Å². The number of rotatable bonds is 2. The number of likely N-dealkylation sites (tertiary alicyclic amines) is 1. The van der Waals surface area contributed by atoms with Gasteiger partial charge in [0.1, 0.15) is 0 Å². The van der Waals surface area contributed by atoms with Crippen molar-refractivity contribution in [2.75, 3.05) is 6.54 Å². The van der Waals surface area contributed by atoms with E-state index in [2.05, 4.69) is 0 Å². The van der Waals surface area contributed by atoms with Gasteiger partial charge in [-0.15, -0.1) is 11.6 Å². The predicted octanol–water partition coefficient (Wildman–Crippen LogP) is 2.65. The average Bonchev–Trinajstić information content (AvgIpc) is 2.06. The molecule has 0 aromatic rings. The van der Waals surface area contributed by atoms with Gasteiger partial charge in [-0.3, -0.25) is 4.79 Å². The zero-order valence-electron chi connectivity index (χ0n) is 8.97. The summed E-state index contributed by atoms with van der Waals surface area (Å²) in [6, 6.07) is -0.143. The first kappa shape index (κ1) is 12.7. The third kappa shape index (κ3) is 3.59. The number of piperidine rings is 1. The van der Waals surface area contributed by atoms with E-state index >= 15 is 0 Å². The first-order valence-corrected chi connectivity index (χ1v) is 5.56. The van der Waals surface area contributed by atoms with E-state index in [4.69, 9.17) is 11.6 Å². The number of alkyl halides is 3. The summed E-state index contributed by atoms with van der Waals surface area (Å²) in [5.41, 5.74) is 0. The second kappa shape index (κ2) is 4.64. The van der Waals surface area contributed by atoms with Crippen LogP contribution in [-0.4, -0.2) is 34.7 Å². The first-order chi connectivity index (χ1) is 6.81. The van der Waals surface area contributed by atoms with Crippen LogP contribution < -0.4 is 0 Å². The molecule has 0 radical (unpaired) electrons. The Hall–Kier alpha value is -0.380. The molecule has 2 nitrogen and oxygen atoms in total. The van der Waals surface area contributed by atoms with Crippen molar-refractivity contribution >= 4 is 17.5 Å². The molecule has 0 aromatic heterocycles. The molecule has 1 fully saturated rings. The molecule has 0 bridgehead atoms. The van der Waals surface area contributed by atoms with Crippen LogP contribution in [0.3, 0.4) is 0 Å². The second-order valence-electron chi connectivity index (χ2n) is 4.23. The zero-order valence-corrected chi connectivity index (χ0v) is 9.73. The number of hydrogen-bond acceptors (Lipinski definition) is 1. The van der Waals surface area contributed by atoms with Gasteiger partial charge < -0.3 is 4.90 Å².